The van der Waals surface area contributed by atoms with Crippen LogP contribution in [0.4, 0.5) is 18.9 Å². The Kier molecular flexibility index (Phi) is 8.99. The normalized spacial score (nSPS) is 17.3. The van der Waals surface area contributed by atoms with Gasteiger partial charge in [0.05, 0.1) is 34.4 Å². The van der Waals surface area contributed by atoms with Crippen LogP contribution < -0.4 is 25.1 Å². The van der Waals surface area contributed by atoms with Crippen LogP contribution in [0.15, 0.2) is 41.3 Å². The number of anilines is 1. The number of alkyl halides is 3. The monoisotopic (exact) mass is 645 g/mol. The highest BCUT2D eigenvalue weighted by Gasteiger charge is 2.35. The average Bonchev–Trinajstić information content (AvgIpc) is 3.32. The van der Waals surface area contributed by atoms with Gasteiger partial charge in [0.1, 0.15) is 17.7 Å². The molecular formula is C30H34F3N7O4S. The van der Waals surface area contributed by atoms with Crippen molar-refractivity contribution >= 4 is 21.6 Å². The molecule has 1 unspecified atom stereocenters. The number of hydrogen-bond acceptors (Lipinski definition) is 8. The van der Waals surface area contributed by atoms with E-state index in [9.17, 15) is 26.4 Å². The number of rotatable bonds is 9. The number of ether oxygens (including phenoxy) is 1. The number of nitrogens with one attached hydrogen (secondary N) is 3. The van der Waals surface area contributed by atoms with Gasteiger partial charge in [0.2, 0.25) is 10.0 Å². The maximum Gasteiger partial charge on any atom is 0.417 e. The highest BCUT2D eigenvalue weighted by atomic mass is 32.2. The molecule has 2 aliphatic rings. The molecule has 2 aromatic carbocycles. The molecule has 0 bridgehead atoms. The van der Waals surface area contributed by atoms with Crippen molar-refractivity contribution in [2.24, 2.45) is 0 Å². The van der Waals surface area contributed by atoms with Crippen molar-refractivity contribution < 1.29 is 31.1 Å². The third-order valence-electron chi connectivity index (χ3n) is 7.86. The van der Waals surface area contributed by atoms with E-state index in [1.54, 1.807) is 35.6 Å². The number of halogens is 3. The van der Waals surface area contributed by atoms with Gasteiger partial charge in [-0.1, -0.05) is 6.92 Å². The smallest absolute Gasteiger partial charge is 0.417 e. The first-order chi connectivity index (χ1) is 21.4. The number of sulfonamides is 1. The van der Waals surface area contributed by atoms with E-state index in [0.29, 0.717) is 73.2 Å². The summed E-state index contributed by atoms with van der Waals surface area (Å²) in [5.41, 5.74) is 3.51. The average molecular weight is 646 g/mol. The fraction of sp³-hybridized carbons (Fsp3) is 0.433. The molecule has 0 spiro atoms. The van der Waals surface area contributed by atoms with E-state index in [4.69, 9.17) is 10.00 Å². The number of aromatic nitrogens is 2. The summed E-state index contributed by atoms with van der Waals surface area (Å²) < 4.78 is 77.6. The van der Waals surface area contributed by atoms with Crippen LogP contribution in [-0.4, -0.2) is 49.7 Å². The lowest BCUT2D eigenvalue weighted by Crippen LogP contribution is -2.45. The van der Waals surface area contributed by atoms with E-state index in [1.807, 2.05) is 6.92 Å². The van der Waals surface area contributed by atoms with Gasteiger partial charge in [0, 0.05) is 36.8 Å². The first kappa shape index (κ1) is 32.1. The Morgan fingerprint density at radius 1 is 1.16 bits per heavy atom. The van der Waals surface area contributed by atoms with Crippen LogP contribution in [0.25, 0.3) is 0 Å². The zero-order chi connectivity index (χ0) is 32.5. The molecule has 0 aliphatic carbocycles. The quantitative estimate of drug-likeness (QED) is 0.312. The molecule has 1 atom stereocenters. The lowest BCUT2D eigenvalue weighted by atomic mass is 10.0. The van der Waals surface area contributed by atoms with Gasteiger partial charge in [-0.2, -0.15) is 18.4 Å². The van der Waals surface area contributed by atoms with Crippen molar-refractivity contribution in [3.8, 4) is 11.8 Å². The fourth-order valence-electron chi connectivity index (χ4n) is 5.70. The summed E-state index contributed by atoms with van der Waals surface area (Å²) in [7, 11) is -4.03. The zero-order valence-corrected chi connectivity index (χ0v) is 25.8. The van der Waals surface area contributed by atoms with Gasteiger partial charge in [0.25, 0.3) is 5.91 Å². The van der Waals surface area contributed by atoms with Gasteiger partial charge in [-0.25, -0.2) is 22.8 Å². The van der Waals surface area contributed by atoms with Gasteiger partial charge < -0.3 is 15.0 Å². The predicted molar refractivity (Wildman–Crippen MR) is 160 cm³/mol. The van der Waals surface area contributed by atoms with Gasteiger partial charge in [-0.3, -0.25) is 10.2 Å². The van der Waals surface area contributed by atoms with Crippen LogP contribution >= 0.6 is 0 Å². The Bertz CT molecular complexity index is 1740. The highest BCUT2D eigenvalue weighted by molar-refractivity contribution is 7.89. The molecule has 1 saturated heterocycles. The predicted octanol–water partition coefficient (Wildman–Crippen LogP) is 4.37. The van der Waals surface area contributed by atoms with E-state index in [2.05, 4.69) is 20.4 Å². The number of amides is 1. The van der Waals surface area contributed by atoms with Crippen molar-refractivity contribution in [2.45, 2.75) is 69.7 Å². The van der Waals surface area contributed by atoms with Crippen LogP contribution in [0, 0.1) is 18.3 Å². The summed E-state index contributed by atoms with van der Waals surface area (Å²) in [6, 6.07) is 9.15. The Labute approximate surface area is 259 Å². The summed E-state index contributed by atoms with van der Waals surface area (Å²) >= 11 is 0. The maximum atomic E-state index is 13.5. The summed E-state index contributed by atoms with van der Waals surface area (Å²) in [4.78, 5) is 19.3. The molecular weight excluding hydrogens is 611 g/mol. The molecule has 15 heteroatoms. The van der Waals surface area contributed by atoms with E-state index < -0.39 is 39.5 Å². The second-order valence-electron chi connectivity index (χ2n) is 10.9. The van der Waals surface area contributed by atoms with Gasteiger partial charge in [-0.05, 0) is 69.5 Å². The van der Waals surface area contributed by atoms with Crippen molar-refractivity contribution in [2.75, 3.05) is 30.0 Å². The number of nitriles is 1. The number of carbonyl (C=O) groups excluding carboxylic acids is 1. The van der Waals surface area contributed by atoms with Gasteiger partial charge in [0.15, 0.2) is 5.69 Å². The van der Waals surface area contributed by atoms with Gasteiger partial charge in [-0.15, -0.1) is 0 Å². The number of fused-ring (bicyclic) bond motifs is 1. The number of aryl methyl sites for hydroxylation is 2. The second kappa shape index (κ2) is 12.6. The molecule has 11 nitrogen and oxygen atoms in total. The van der Waals surface area contributed by atoms with Crippen molar-refractivity contribution in [3.05, 3.63) is 70.3 Å². The Hall–Kier alpha value is -4.29. The van der Waals surface area contributed by atoms with Crippen LogP contribution in [0.2, 0.25) is 0 Å². The third-order valence-corrected chi connectivity index (χ3v) is 9.37. The SMILES string of the molecule is CCCc1nc(C)c2n1NC(c1cc(S(=O)(=O)NC3CCN(c4ccc(C#N)c(C(F)(F)F)c4)CC3)ccc1OCC)NC2=O. The summed E-state index contributed by atoms with van der Waals surface area (Å²) in [6.45, 7) is 6.51. The molecule has 0 saturated carbocycles. The number of piperidine rings is 1. The molecule has 3 N–H and O–H groups in total. The number of nitrogens with zero attached hydrogens (tertiary/aromatic N) is 4. The van der Waals surface area contributed by atoms with Crippen LogP contribution in [0.3, 0.4) is 0 Å². The zero-order valence-electron chi connectivity index (χ0n) is 25.0. The Morgan fingerprint density at radius 3 is 2.53 bits per heavy atom. The molecule has 45 heavy (non-hydrogen) atoms. The fourth-order valence-corrected chi connectivity index (χ4v) is 7.04. The summed E-state index contributed by atoms with van der Waals surface area (Å²) in [5, 5.41) is 12.0. The number of carbonyl (C=O) groups is 1. The van der Waals surface area contributed by atoms with Crippen molar-refractivity contribution in [1.82, 2.24) is 19.7 Å². The molecule has 3 heterocycles. The minimum atomic E-state index is -4.67. The minimum Gasteiger partial charge on any atom is -0.493 e. The molecule has 2 aliphatic heterocycles. The second-order valence-corrected chi connectivity index (χ2v) is 12.7. The minimum absolute atomic E-state index is 0.0252. The van der Waals surface area contributed by atoms with Crippen molar-refractivity contribution in [1.29, 1.82) is 5.26 Å². The van der Waals surface area contributed by atoms with E-state index in [1.165, 1.54) is 18.2 Å². The number of hydrogen-bond donors (Lipinski definition) is 3. The molecule has 240 valence electrons. The number of benzene rings is 2. The largest absolute Gasteiger partial charge is 0.493 e. The Morgan fingerprint density at radius 2 is 1.89 bits per heavy atom. The summed E-state index contributed by atoms with van der Waals surface area (Å²) in [6.07, 6.45) is -3.31. The summed E-state index contributed by atoms with van der Waals surface area (Å²) in [5.74, 6) is 0.743. The first-order valence-corrected chi connectivity index (χ1v) is 16.2. The molecule has 1 amide bonds. The molecule has 1 fully saturated rings. The Balaban J connectivity index is 1.33. The lowest BCUT2D eigenvalue weighted by molar-refractivity contribution is -0.137. The highest BCUT2D eigenvalue weighted by Crippen LogP contribution is 2.35. The van der Waals surface area contributed by atoms with Gasteiger partial charge >= 0.3 is 6.18 Å². The van der Waals surface area contributed by atoms with E-state index in [-0.39, 0.29) is 10.8 Å². The maximum absolute atomic E-state index is 13.5. The number of imidazole rings is 1. The molecule has 1 aromatic heterocycles. The van der Waals surface area contributed by atoms with Crippen LogP contribution in [-0.2, 0) is 22.6 Å². The first-order valence-electron chi connectivity index (χ1n) is 14.7. The standard InChI is InChI=1S/C30H34F3N7O4S/c1-4-6-26-35-18(3)27-29(41)36-28(37-40(26)27)23-16-22(9-10-25(23)44-5-2)45(42,43)38-20-11-13-39(14-12-20)21-8-7-19(17-34)24(15-21)30(31,32)33/h7-10,15-16,20,28,37-38H,4-6,11-14H2,1-3H3,(H,36,41). The molecule has 0 radical (unpaired) electrons. The topological polar surface area (TPSA) is 141 Å². The van der Waals surface area contributed by atoms with E-state index >= 15 is 0 Å². The van der Waals surface area contributed by atoms with Crippen LogP contribution in [0.1, 0.15) is 78.0 Å². The van der Waals surface area contributed by atoms with Crippen LogP contribution in [0.5, 0.6) is 5.75 Å². The third kappa shape index (κ3) is 6.57. The van der Waals surface area contributed by atoms with E-state index in [0.717, 1.165) is 18.6 Å². The van der Waals surface area contributed by atoms with Crippen molar-refractivity contribution in [3.63, 3.8) is 0 Å². The lowest BCUT2D eigenvalue weighted by Gasteiger charge is -2.34. The molecule has 3 aromatic rings. The molecule has 5 rings (SSSR count).